The van der Waals surface area contributed by atoms with Crippen molar-refractivity contribution in [2.75, 3.05) is 21.3 Å². The third kappa shape index (κ3) is 3.42. The van der Waals surface area contributed by atoms with Crippen LogP contribution in [0.3, 0.4) is 0 Å². The zero-order valence-electron chi connectivity index (χ0n) is 14.5. The number of methoxy groups -OCH3 is 3. The minimum absolute atomic E-state index is 0.284. The zero-order chi connectivity index (χ0) is 16.9. The molecule has 1 aliphatic carbocycles. The van der Waals surface area contributed by atoms with Crippen LogP contribution in [0, 0.1) is 0 Å². The van der Waals surface area contributed by atoms with Gasteiger partial charge in [0.15, 0.2) is 11.5 Å². The molecule has 24 heavy (non-hydrogen) atoms. The fraction of sp³-hybridized carbons (Fsp3) is 0.400. The van der Waals surface area contributed by atoms with Crippen LogP contribution in [0.4, 0.5) is 0 Å². The van der Waals surface area contributed by atoms with E-state index in [4.69, 9.17) is 18.9 Å². The van der Waals surface area contributed by atoms with Crippen LogP contribution in [0.2, 0.25) is 0 Å². The standard InChI is InChI=1S/C20H24O4/c1-21-16-9-10-17(19(13-16)23-3)14-8-11-18(22-2)20(12-14)24-15-6-4-5-7-15/h8-13,15H,4-7H2,1-3H3. The molecular formula is C20H24O4. The second-order valence-electron chi connectivity index (χ2n) is 5.96. The van der Waals surface area contributed by atoms with Crippen LogP contribution in [-0.4, -0.2) is 27.4 Å². The molecule has 1 aliphatic rings. The lowest BCUT2D eigenvalue weighted by atomic mass is 10.0. The largest absolute Gasteiger partial charge is 0.497 e. The van der Waals surface area contributed by atoms with E-state index in [9.17, 15) is 0 Å². The van der Waals surface area contributed by atoms with Gasteiger partial charge in [0.1, 0.15) is 11.5 Å². The van der Waals surface area contributed by atoms with Crippen LogP contribution in [-0.2, 0) is 0 Å². The highest BCUT2D eigenvalue weighted by atomic mass is 16.5. The van der Waals surface area contributed by atoms with E-state index in [-0.39, 0.29) is 6.10 Å². The Labute approximate surface area is 143 Å². The summed E-state index contributed by atoms with van der Waals surface area (Å²) in [4.78, 5) is 0. The summed E-state index contributed by atoms with van der Waals surface area (Å²) in [6.07, 6.45) is 4.98. The third-order valence-electron chi connectivity index (χ3n) is 4.48. The Kier molecular flexibility index (Phi) is 5.14. The van der Waals surface area contributed by atoms with Crippen molar-refractivity contribution < 1.29 is 18.9 Å². The Morgan fingerprint density at radius 3 is 2.17 bits per heavy atom. The molecule has 0 N–H and O–H groups in total. The Hall–Kier alpha value is -2.36. The van der Waals surface area contributed by atoms with E-state index >= 15 is 0 Å². The first-order valence-corrected chi connectivity index (χ1v) is 8.32. The molecule has 3 rings (SSSR count). The molecule has 0 saturated heterocycles. The smallest absolute Gasteiger partial charge is 0.162 e. The van der Waals surface area contributed by atoms with Gasteiger partial charge in [0.25, 0.3) is 0 Å². The Morgan fingerprint density at radius 1 is 0.750 bits per heavy atom. The minimum Gasteiger partial charge on any atom is -0.497 e. The Bertz CT molecular complexity index is 690. The molecule has 1 saturated carbocycles. The predicted octanol–water partition coefficient (Wildman–Crippen LogP) is 4.70. The number of ether oxygens (including phenoxy) is 4. The first-order chi connectivity index (χ1) is 11.7. The van der Waals surface area contributed by atoms with Gasteiger partial charge in [0.05, 0.1) is 27.4 Å². The molecule has 0 atom stereocenters. The molecular weight excluding hydrogens is 304 g/mol. The number of rotatable bonds is 6. The highest BCUT2D eigenvalue weighted by Crippen LogP contribution is 2.39. The lowest BCUT2D eigenvalue weighted by molar-refractivity contribution is 0.201. The summed E-state index contributed by atoms with van der Waals surface area (Å²) in [6, 6.07) is 11.8. The summed E-state index contributed by atoms with van der Waals surface area (Å²) >= 11 is 0. The van der Waals surface area contributed by atoms with Crippen molar-refractivity contribution in [3.63, 3.8) is 0 Å². The van der Waals surface area contributed by atoms with E-state index in [1.165, 1.54) is 12.8 Å². The normalized spacial score (nSPS) is 14.5. The van der Waals surface area contributed by atoms with E-state index in [0.29, 0.717) is 0 Å². The van der Waals surface area contributed by atoms with E-state index in [0.717, 1.165) is 47.0 Å². The molecule has 0 aliphatic heterocycles. The van der Waals surface area contributed by atoms with E-state index in [2.05, 4.69) is 0 Å². The fourth-order valence-corrected chi connectivity index (χ4v) is 3.16. The zero-order valence-corrected chi connectivity index (χ0v) is 14.5. The van der Waals surface area contributed by atoms with Crippen molar-refractivity contribution in [1.82, 2.24) is 0 Å². The SMILES string of the molecule is COc1ccc(-c2ccc(OC)c(OC3CCCC3)c2)c(OC)c1. The second kappa shape index (κ2) is 7.47. The molecule has 2 aromatic rings. The highest BCUT2D eigenvalue weighted by Gasteiger charge is 2.19. The lowest BCUT2D eigenvalue weighted by Gasteiger charge is -2.18. The summed E-state index contributed by atoms with van der Waals surface area (Å²) < 4.78 is 22.4. The third-order valence-corrected chi connectivity index (χ3v) is 4.48. The molecule has 0 unspecified atom stereocenters. The van der Waals surface area contributed by atoms with Gasteiger partial charge in [-0.15, -0.1) is 0 Å². The fourth-order valence-electron chi connectivity index (χ4n) is 3.16. The van der Waals surface area contributed by atoms with Crippen molar-refractivity contribution in [3.8, 4) is 34.1 Å². The Balaban J connectivity index is 1.96. The van der Waals surface area contributed by atoms with Gasteiger partial charge in [-0.05, 0) is 55.5 Å². The van der Waals surface area contributed by atoms with Crippen molar-refractivity contribution in [1.29, 1.82) is 0 Å². The van der Waals surface area contributed by atoms with Crippen LogP contribution >= 0.6 is 0 Å². The van der Waals surface area contributed by atoms with Gasteiger partial charge in [-0.3, -0.25) is 0 Å². The minimum atomic E-state index is 0.284. The van der Waals surface area contributed by atoms with Crippen molar-refractivity contribution in [2.24, 2.45) is 0 Å². The van der Waals surface area contributed by atoms with E-state index in [1.54, 1.807) is 21.3 Å². The van der Waals surface area contributed by atoms with Gasteiger partial charge in [-0.2, -0.15) is 0 Å². The summed E-state index contributed by atoms with van der Waals surface area (Å²) in [6.45, 7) is 0. The molecule has 128 valence electrons. The van der Waals surface area contributed by atoms with Crippen LogP contribution in [0.25, 0.3) is 11.1 Å². The van der Waals surface area contributed by atoms with Gasteiger partial charge in [-0.25, -0.2) is 0 Å². The highest BCUT2D eigenvalue weighted by molar-refractivity contribution is 5.73. The Morgan fingerprint density at radius 2 is 1.50 bits per heavy atom. The molecule has 0 aromatic heterocycles. The average molecular weight is 328 g/mol. The quantitative estimate of drug-likeness (QED) is 0.770. The lowest BCUT2D eigenvalue weighted by Crippen LogP contribution is -2.11. The first kappa shape index (κ1) is 16.5. The summed E-state index contributed by atoms with van der Waals surface area (Å²) in [5.74, 6) is 3.09. The molecule has 0 amide bonds. The maximum atomic E-state index is 6.19. The molecule has 1 fully saturated rings. The van der Waals surface area contributed by atoms with E-state index in [1.807, 2.05) is 36.4 Å². The number of benzene rings is 2. The first-order valence-electron chi connectivity index (χ1n) is 8.32. The maximum absolute atomic E-state index is 6.19. The maximum Gasteiger partial charge on any atom is 0.162 e. The van der Waals surface area contributed by atoms with Gasteiger partial charge in [0.2, 0.25) is 0 Å². The van der Waals surface area contributed by atoms with Gasteiger partial charge in [-0.1, -0.05) is 6.07 Å². The van der Waals surface area contributed by atoms with Crippen LogP contribution in [0.5, 0.6) is 23.0 Å². The molecule has 0 bridgehead atoms. The van der Waals surface area contributed by atoms with E-state index < -0.39 is 0 Å². The predicted molar refractivity (Wildman–Crippen MR) is 94.4 cm³/mol. The summed E-state index contributed by atoms with van der Waals surface area (Å²) in [7, 11) is 4.98. The molecule has 0 heterocycles. The molecule has 0 spiro atoms. The average Bonchev–Trinajstić information content (AvgIpc) is 3.14. The second-order valence-corrected chi connectivity index (χ2v) is 5.96. The monoisotopic (exact) mass is 328 g/mol. The number of hydrogen-bond donors (Lipinski definition) is 0. The van der Waals surface area contributed by atoms with Gasteiger partial charge >= 0.3 is 0 Å². The van der Waals surface area contributed by atoms with Gasteiger partial charge < -0.3 is 18.9 Å². The molecule has 4 nitrogen and oxygen atoms in total. The van der Waals surface area contributed by atoms with Crippen LogP contribution in [0.15, 0.2) is 36.4 Å². The topological polar surface area (TPSA) is 36.9 Å². The molecule has 0 radical (unpaired) electrons. The van der Waals surface area contributed by atoms with Crippen molar-refractivity contribution in [2.45, 2.75) is 31.8 Å². The molecule has 4 heteroatoms. The summed E-state index contributed by atoms with van der Waals surface area (Å²) in [5.41, 5.74) is 2.03. The number of hydrogen-bond acceptors (Lipinski definition) is 4. The van der Waals surface area contributed by atoms with Crippen LogP contribution < -0.4 is 18.9 Å². The van der Waals surface area contributed by atoms with Gasteiger partial charge in [0, 0.05) is 11.6 Å². The summed E-state index contributed by atoms with van der Waals surface area (Å²) in [5, 5.41) is 0. The van der Waals surface area contributed by atoms with Crippen molar-refractivity contribution >= 4 is 0 Å². The molecule has 2 aromatic carbocycles. The van der Waals surface area contributed by atoms with Crippen molar-refractivity contribution in [3.05, 3.63) is 36.4 Å². The van der Waals surface area contributed by atoms with Crippen LogP contribution in [0.1, 0.15) is 25.7 Å².